The lowest BCUT2D eigenvalue weighted by molar-refractivity contribution is 0.102. The number of carbonyl (C=O) groups is 1. The minimum absolute atomic E-state index is 0.0129. The van der Waals surface area contributed by atoms with Crippen molar-refractivity contribution < 1.29 is 22.7 Å². The standard InChI is InChI=1S/C20H17FN2O4S/c1-23(17-9-5-6-10-18(17)24)28(26,27)19-13-14(11-12-16(19)21)20(25)22-15-7-3-2-4-8-15/h2-13,24H,1H3,(H,22,25). The SMILES string of the molecule is CN(c1ccccc1O)S(=O)(=O)c1cc(C(=O)Nc2ccccc2)ccc1F. The summed E-state index contributed by atoms with van der Waals surface area (Å²) in [5.41, 5.74) is 0.489. The van der Waals surface area contributed by atoms with Gasteiger partial charge in [0.15, 0.2) is 0 Å². The van der Waals surface area contributed by atoms with E-state index in [-0.39, 0.29) is 17.0 Å². The molecule has 3 aromatic carbocycles. The number of nitrogens with zero attached hydrogens (tertiary/aromatic N) is 1. The fourth-order valence-corrected chi connectivity index (χ4v) is 3.87. The quantitative estimate of drug-likeness (QED) is 0.685. The minimum Gasteiger partial charge on any atom is -0.506 e. The second kappa shape index (κ2) is 7.69. The lowest BCUT2D eigenvalue weighted by Crippen LogP contribution is -2.28. The number of hydrogen-bond donors (Lipinski definition) is 2. The molecule has 2 N–H and O–H groups in total. The van der Waals surface area contributed by atoms with Crippen molar-refractivity contribution in [1.29, 1.82) is 0 Å². The Hall–Kier alpha value is -3.39. The fourth-order valence-electron chi connectivity index (χ4n) is 2.57. The predicted octanol–water partition coefficient (Wildman–Crippen LogP) is 3.61. The van der Waals surface area contributed by atoms with E-state index in [1.54, 1.807) is 36.4 Å². The van der Waals surface area contributed by atoms with Crippen LogP contribution < -0.4 is 9.62 Å². The molecule has 0 saturated heterocycles. The molecule has 0 unspecified atom stereocenters. The maximum Gasteiger partial charge on any atom is 0.267 e. The van der Waals surface area contributed by atoms with Crippen molar-refractivity contribution in [2.75, 3.05) is 16.7 Å². The van der Waals surface area contributed by atoms with E-state index in [2.05, 4.69) is 5.32 Å². The Morgan fingerprint density at radius 1 is 1.00 bits per heavy atom. The molecular weight excluding hydrogens is 383 g/mol. The highest BCUT2D eigenvalue weighted by Crippen LogP contribution is 2.31. The molecule has 0 fully saturated rings. The summed E-state index contributed by atoms with van der Waals surface area (Å²) in [5, 5.41) is 12.5. The Labute approximate surface area is 161 Å². The van der Waals surface area contributed by atoms with E-state index >= 15 is 0 Å². The second-order valence-electron chi connectivity index (χ2n) is 5.93. The zero-order valence-corrected chi connectivity index (χ0v) is 15.7. The Bertz CT molecular complexity index is 1120. The van der Waals surface area contributed by atoms with Gasteiger partial charge in [-0.2, -0.15) is 0 Å². The molecule has 3 rings (SSSR count). The maximum absolute atomic E-state index is 14.3. The second-order valence-corrected chi connectivity index (χ2v) is 7.86. The molecule has 144 valence electrons. The van der Waals surface area contributed by atoms with Crippen molar-refractivity contribution in [2.24, 2.45) is 0 Å². The van der Waals surface area contributed by atoms with Crippen molar-refractivity contribution in [3.63, 3.8) is 0 Å². The molecule has 0 saturated carbocycles. The molecule has 1 amide bonds. The first-order chi connectivity index (χ1) is 13.3. The zero-order valence-electron chi connectivity index (χ0n) is 14.8. The summed E-state index contributed by atoms with van der Waals surface area (Å²) in [4.78, 5) is 11.7. The number of nitrogens with one attached hydrogen (secondary N) is 1. The van der Waals surface area contributed by atoms with Gasteiger partial charge in [0.1, 0.15) is 16.5 Å². The summed E-state index contributed by atoms with van der Waals surface area (Å²) >= 11 is 0. The summed E-state index contributed by atoms with van der Waals surface area (Å²) < 4.78 is 40.9. The van der Waals surface area contributed by atoms with Gasteiger partial charge in [0.2, 0.25) is 0 Å². The van der Waals surface area contributed by atoms with Gasteiger partial charge in [-0.05, 0) is 42.5 Å². The highest BCUT2D eigenvalue weighted by Gasteiger charge is 2.27. The largest absolute Gasteiger partial charge is 0.506 e. The monoisotopic (exact) mass is 400 g/mol. The fraction of sp³-hybridized carbons (Fsp3) is 0.0500. The van der Waals surface area contributed by atoms with Crippen LogP contribution in [-0.2, 0) is 10.0 Å². The van der Waals surface area contributed by atoms with E-state index in [1.165, 1.54) is 31.3 Å². The molecule has 0 aliphatic rings. The third-order valence-corrected chi connectivity index (χ3v) is 5.87. The Morgan fingerprint density at radius 2 is 1.64 bits per heavy atom. The topological polar surface area (TPSA) is 86.7 Å². The van der Waals surface area contributed by atoms with Crippen molar-refractivity contribution in [1.82, 2.24) is 0 Å². The first-order valence-electron chi connectivity index (χ1n) is 8.23. The van der Waals surface area contributed by atoms with Crippen molar-refractivity contribution in [3.05, 3.63) is 84.2 Å². The van der Waals surface area contributed by atoms with Crippen LogP contribution in [0.25, 0.3) is 0 Å². The summed E-state index contributed by atoms with van der Waals surface area (Å²) in [6, 6.07) is 17.5. The molecular formula is C20H17FN2O4S. The molecule has 0 radical (unpaired) electrons. The van der Waals surface area contributed by atoms with Gasteiger partial charge in [-0.25, -0.2) is 12.8 Å². The number of rotatable bonds is 5. The van der Waals surface area contributed by atoms with Crippen molar-refractivity contribution in [2.45, 2.75) is 4.90 Å². The third-order valence-electron chi connectivity index (χ3n) is 4.08. The molecule has 3 aromatic rings. The van der Waals surface area contributed by atoms with E-state index in [0.29, 0.717) is 5.69 Å². The molecule has 0 aliphatic heterocycles. The third kappa shape index (κ3) is 3.81. The molecule has 0 spiro atoms. The number of carbonyl (C=O) groups excluding carboxylic acids is 1. The lowest BCUT2D eigenvalue weighted by atomic mass is 10.2. The van der Waals surface area contributed by atoms with Crippen LogP contribution >= 0.6 is 0 Å². The number of anilines is 2. The number of amides is 1. The molecule has 28 heavy (non-hydrogen) atoms. The average Bonchev–Trinajstić information content (AvgIpc) is 2.68. The number of sulfonamides is 1. The molecule has 8 heteroatoms. The number of para-hydroxylation sites is 3. The van der Waals surface area contributed by atoms with Gasteiger partial charge in [-0.1, -0.05) is 30.3 Å². The van der Waals surface area contributed by atoms with Gasteiger partial charge < -0.3 is 10.4 Å². The summed E-state index contributed by atoms with van der Waals surface area (Å²) in [7, 11) is -3.16. The van der Waals surface area contributed by atoms with E-state index in [0.717, 1.165) is 16.4 Å². The average molecular weight is 400 g/mol. The number of aromatic hydroxyl groups is 1. The maximum atomic E-state index is 14.3. The Morgan fingerprint density at radius 3 is 2.32 bits per heavy atom. The number of halogens is 1. The van der Waals surface area contributed by atoms with Crippen molar-refractivity contribution >= 4 is 27.3 Å². The van der Waals surface area contributed by atoms with Crippen LogP contribution in [0.15, 0.2) is 77.7 Å². The molecule has 0 bridgehead atoms. The first kappa shape index (κ1) is 19.4. The Balaban J connectivity index is 1.96. The number of benzene rings is 3. The van der Waals surface area contributed by atoms with Crippen LogP contribution in [0.2, 0.25) is 0 Å². The number of hydrogen-bond acceptors (Lipinski definition) is 4. The van der Waals surface area contributed by atoms with E-state index in [1.807, 2.05) is 0 Å². The highest BCUT2D eigenvalue weighted by molar-refractivity contribution is 7.92. The van der Waals surface area contributed by atoms with E-state index in [4.69, 9.17) is 0 Å². The summed E-state index contributed by atoms with van der Waals surface area (Å²) in [5.74, 6) is -1.85. The number of phenols is 1. The van der Waals surface area contributed by atoms with Crippen LogP contribution in [0.3, 0.4) is 0 Å². The van der Waals surface area contributed by atoms with Gasteiger partial charge in [-0.15, -0.1) is 0 Å². The Kier molecular flexibility index (Phi) is 5.32. The van der Waals surface area contributed by atoms with Gasteiger partial charge >= 0.3 is 0 Å². The highest BCUT2D eigenvalue weighted by atomic mass is 32.2. The van der Waals surface area contributed by atoms with E-state index < -0.39 is 26.6 Å². The normalized spacial score (nSPS) is 11.1. The predicted molar refractivity (Wildman–Crippen MR) is 104 cm³/mol. The zero-order chi connectivity index (χ0) is 20.3. The first-order valence-corrected chi connectivity index (χ1v) is 9.67. The van der Waals surface area contributed by atoms with Gasteiger partial charge in [0, 0.05) is 18.3 Å². The molecule has 6 nitrogen and oxygen atoms in total. The minimum atomic E-state index is -4.36. The van der Waals surface area contributed by atoms with E-state index in [9.17, 15) is 22.7 Å². The molecule has 0 heterocycles. The lowest BCUT2D eigenvalue weighted by Gasteiger charge is -2.21. The van der Waals surface area contributed by atoms with Crippen LogP contribution in [0, 0.1) is 5.82 Å². The van der Waals surface area contributed by atoms with Crippen LogP contribution in [0.5, 0.6) is 5.75 Å². The van der Waals surface area contributed by atoms with Crippen molar-refractivity contribution in [3.8, 4) is 5.75 Å². The van der Waals surface area contributed by atoms with Gasteiger partial charge in [0.05, 0.1) is 5.69 Å². The summed E-state index contributed by atoms with van der Waals surface area (Å²) in [6.45, 7) is 0. The molecule has 0 aliphatic carbocycles. The summed E-state index contributed by atoms with van der Waals surface area (Å²) in [6.07, 6.45) is 0. The van der Waals surface area contributed by atoms with Crippen LogP contribution in [0.1, 0.15) is 10.4 Å². The van der Waals surface area contributed by atoms with Crippen LogP contribution in [-0.4, -0.2) is 26.5 Å². The van der Waals surface area contributed by atoms with Gasteiger partial charge in [-0.3, -0.25) is 9.10 Å². The smallest absolute Gasteiger partial charge is 0.267 e. The molecule has 0 atom stereocenters. The van der Waals surface area contributed by atoms with Gasteiger partial charge in [0.25, 0.3) is 15.9 Å². The number of phenolic OH excluding ortho intramolecular Hbond substituents is 1. The van der Waals surface area contributed by atoms with Crippen LogP contribution in [0.4, 0.5) is 15.8 Å². The molecule has 0 aromatic heterocycles.